The van der Waals surface area contributed by atoms with Crippen molar-refractivity contribution in [3.05, 3.63) is 28.0 Å². The van der Waals surface area contributed by atoms with Gasteiger partial charge in [0, 0.05) is 12.0 Å². The third-order valence-corrected chi connectivity index (χ3v) is 2.55. The Hall–Kier alpha value is -0.890. The molecule has 0 radical (unpaired) electrons. The van der Waals surface area contributed by atoms with Crippen LogP contribution >= 0.6 is 11.6 Å². The Kier molecular flexibility index (Phi) is 2.08. The summed E-state index contributed by atoms with van der Waals surface area (Å²) in [5.74, 6) is 0.211. The van der Waals surface area contributed by atoms with Gasteiger partial charge in [0.15, 0.2) is 5.78 Å². The van der Waals surface area contributed by atoms with Gasteiger partial charge in [0.2, 0.25) is 0 Å². The maximum Gasteiger partial charge on any atom is 0.164 e. The van der Waals surface area contributed by atoms with Crippen molar-refractivity contribution in [2.24, 2.45) is 0 Å². The summed E-state index contributed by atoms with van der Waals surface area (Å²) >= 11 is 5.81. The Morgan fingerprint density at radius 1 is 1.46 bits per heavy atom. The SMILES string of the molecule is Cc1cc(Cl)nc2c1C(=O)CCC2. The van der Waals surface area contributed by atoms with Gasteiger partial charge in [0.1, 0.15) is 5.15 Å². The van der Waals surface area contributed by atoms with Gasteiger partial charge in [-0.2, -0.15) is 0 Å². The second-order valence-electron chi connectivity index (χ2n) is 3.36. The molecule has 0 spiro atoms. The van der Waals surface area contributed by atoms with E-state index in [1.54, 1.807) is 6.07 Å². The molecule has 2 nitrogen and oxygen atoms in total. The summed E-state index contributed by atoms with van der Waals surface area (Å²) in [5.41, 5.74) is 2.64. The van der Waals surface area contributed by atoms with Gasteiger partial charge >= 0.3 is 0 Å². The summed E-state index contributed by atoms with van der Waals surface area (Å²) in [7, 11) is 0. The van der Waals surface area contributed by atoms with Gasteiger partial charge < -0.3 is 0 Å². The molecule has 0 aromatic carbocycles. The van der Waals surface area contributed by atoms with Gasteiger partial charge in [-0.25, -0.2) is 4.98 Å². The van der Waals surface area contributed by atoms with E-state index in [2.05, 4.69) is 4.98 Å². The van der Waals surface area contributed by atoms with Crippen molar-refractivity contribution >= 4 is 17.4 Å². The van der Waals surface area contributed by atoms with Crippen LogP contribution in [0.15, 0.2) is 6.07 Å². The first-order valence-corrected chi connectivity index (χ1v) is 4.75. The number of carbonyl (C=O) groups excluding carboxylic acids is 1. The number of carbonyl (C=O) groups is 1. The van der Waals surface area contributed by atoms with E-state index in [1.165, 1.54) is 0 Å². The van der Waals surface area contributed by atoms with Crippen LogP contribution in [0.1, 0.15) is 34.5 Å². The number of hydrogen-bond donors (Lipinski definition) is 0. The average molecular weight is 196 g/mol. The highest BCUT2D eigenvalue weighted by molar-refractivity contribution is 6.29. The van der Waals surface area contributed by atoms with E-state index in [1.807, 2.05) is 6.92 Å². The number of rotatable bonds is 0. The van der Waals surface area contributed by atoms with E-state index >= 15 is 0 Å². The second kappa shape index (κ2) is 3.11. The molecule has 0 aliphatic heterocycles. The van der Waals surface area contributed by atoms with Gasteiger partial charge in [-0.1, -0.05) is 11.6 Å². The minimum Gasteiger partial charge on any atom is -0.294 e. The Morgan fingerprint density at radius 3 is 3.00 bits per heavy atom. The van der Waals surface area contributed by atoms with E-state index in [0.717, 1.165) is 29.7 Å². The van der Waals surface area contributed by atoms with E-state index in [4.69, 9.17) is 11.6 Å². The van der Waals surface area contributed by atoms with Crippen LogP contribution in [0.4, 0.5) is 0 Å². The number of ketones is 1. The molecule has 68 valence electrons. The Labute approximate surface area is 81.9 Å². The molecule has 0 bridgehead atoms. The molecule has 0 atom stereocenters. The van der Waals surface area contributed by atoms with E-state index < -0.39 is 0 Å². The largest absolute Gasteiger partial charge is 0.294 e. The lowest BCUT2D eigenvalue weighted by atomic mass is 9.92. The zero-order chi connectivity index (χ0) is 9.42. The first-order chi connectivity index (χ1) is 6.18. The Morgan fingerprint density at radius 2 is 2.23 bits per heavy atom. The molecule has 0 saturated heterocycles. The topological polar surface area (TPSA) is 30.0 Å². The van der Waals surface area contributed by atoms with Crippen LogP contribution in [0.3, 0.4) is 0 Å². The van der Waals surface area contributed by atoms with Crippen LogP contribution in [0.5, 0.6) is 0 Å². The maximum atomic E-state index is 11.5. The van der Waals surface area contributed by atoms with Crippen LogP contribution < -0.4 is 0 Å². The van der Waals surface area contributed by atoms with Gasteiger partial charge in [-0.15, -0.1) is 0 Å². The molecule has 1 aromatic rings. The van der Waals surface area contributed by atoms with Crippen molar-refractivity contribution in [3.63, 3.8) is 0 Å². The Balaban J connectivity index is 2.63. The summed E-state index contributed by atoms with van der Waals surface area (Å²) in [6.45, 7) is 1.91. The highest BCUT2D eigenvalue weighted by Crippen LogP contribution is 2.24. The van der Waals surface area contributed by atoms with Gasteiger partial charge in [-0.3, -0.25) is 4.79 Å². The molecule has 1 aliphatic carbocycles. The highest BCUT2D eigenvalue weighted by Gasteiger charge is 2.20. The van der Waals surface area contributed by atoms with E-state index in [-0.39, 0.29) is 5.78 Å². The summed E-state index contributed by atoms with van der Waals surface area (Å²) < 4.78 is 0. The van der Waals surface area contributed by atoms with Gasteiger partial charge in [-0.05, 0) is 31.4 Å². The normalized spacial score (nSPS) is 15.7. The van der Waals surface area contributed by atoms with Crippen molar-refractivity contribution in [1.82, 2.24) is 4.98 Å². The minimum absolute atomic E-state index is 0.211. The first kappa shape index (κ1) is 8.70. The molecule has 2 rings (SSSR count). The molecule has 0 fully saturated rings. The fraction of sp³-hybridized carbons (Fsp3) is 0.400. The predicted molar refractivity (Wildman–Crippen MR) is 51.3 cm³/mol. The zero-order valence-electron chi connectivity index (χ0n) is 7.43. The molecular weight excluding hydrogens is 186 g/mol. The van der Waals surface area contributed by atoms with E-state index in [9.17, 15) is 4.79 Å². The van der Waals surface area contributed by atoms with E-state index in [0.29, 0.717) is 11.6 Å². The number of nitrogens with zero attached hydrogens (tertiary/aromatic N) is 1. The number of hydrogen-bond acceptors (Lipinski definition) is 2. The van der Waals surface area contributed by atoms with Crippen molar-refractivity contribution in [2.75, 3.05) is 0 Å². The number of aromatic nitrogens is 1. The third kappa shape index (κ3) is 1.46. The molecule has 0 amide bonds. The van der Waals surface area contributed by atoms with Crippen molar-refractivity contribution in [1.29, 1.82) is 0 Å². The molecule has 1 heterocycles. The number of fused-ring (bicyclic) bond motifs is 1. The molecule has 3 heteroatoms. The lowest BCUT2D eigenvalue weighted by Gasteiger charge is -2.15. The molecule has 0 unspecified atom stereocenters. The van der Waals surface area contributed by atoms with Crippen molar-refractivity contribution in [3.8, 4) is 0 Å². The third-order valence-electron chi connectivity index (χ3n) is 2.36. The number of pyridine rings is 1. The van der Waals surface area contributed by atoms with Gasteiger partial charge in [0.25, 0.3) is 0 Å². The van der Waals surface area contributed by atoms with Crippen LogP contribution in [-0.4, -0.2) is 10.8 Å². The highest BCUT2D eigenvalue weighted by atomic mass is 35.5. The minimum atomic E-state index is 0.211. The summed E-state index contributed by atoms with van der Waals surface area (Å²) in [6, 6.07) is 1.75. The molecular formula is C10H10ClNO. The van der Waals surface area contributed by atoms with Crippen LogP contribution in [0.25, 0.3) is 0 Å². The predicted octanol–water partition coefficient (Wildman–Crippen LogP) is 2.56. The standard InChI is InChI=1S/C10H10ClNO/c1-6-5-9(11)12-7-3-2-4-8(13)10(6)7/h5H,2-4H2,1H3. The van der Waals surface area contributed by atoms with Crippen LogP contribution in [0.2, 0.25) is 5.15 Å². The second-order valence-corrected chi connectivity index (χ2v) is 3.75. The fourth-order valence-corrected chi connectivity index (χ4v) is 2.06. The Bertz CT molecular complexity index is 373. The molecule has 0 N–H and O–H groups in total. The lowest BCUT2D eigenvalue weighted by Crippen LogP contribution is -2.14. The summed E-state index contributed by atoms with van der Waals surface area (Å²) in [6.07, 6.45) is 2.43. The quantitative estimate of drug-likeness (QED) is 0.596. The number of aryl methyl sites for hydroxylation is 2. The summed E-state index contributed by atoms with van der Waals surface area (Å²) in [5, 5.41) is 0.492. The molecule has 1 aliphatic rings. The molecule has 0 saturated carbocycles. The van der Waals surface area contributed by atoms with Crippen molar-refractivity contribution < 1.29 is 4.79 Å². The number of halogens is 1. The first-order valence-electron chi connectivity index (χ1n) is 4.37. The van der Waals surface area contributed by atoms with Crippen molar-refractivity contribution in [2.45, 2.75) is 26.2 Å². The zero-order valence-corrected chi connectivity index (χ0v) is 8.19. The van der Waals surface area contributed by atoms with Gasteiger partial charge in [0.05, 0.1) is 5.69 Å². The fourth-order valence-electron chi connectivity index (χ4n) is 1.80. The monoisotopic (exact) mass is 195 g/mol. The summed E-state index contributed by atoms with van der Waals surface area (Å²) in [4.78, 5) is 15.7. The maximum absolute atomic E-state index is 11.5. The number of Topliss-reactive ketones (excluding diaryl/α,β-unsaturated/α-hetero) is 1. The molecule has 13 heavy (non-hydrogen) atoms. The van der Waals surface area contributed by atoms with Crippen LogP contribution in [0, 0.1) is 6.92 Å². The lowest BCUT2D eigenvalue weighted by molar-refractivity contribution is 0.0971. The smallest absolute Gasteiger partial charge is 0.164 e. The van der Waals surface area contributed by atoms with Crippen LogP contribution in [-0.2, 0) is 6.42 Å². The molecule has 1 aromatic heterocycles. The average Bonchev–Trinajstić information content (AvgIpc) is 2.02.